The number of sulfonamides is 1. The monoisotopic (exact) mass is 533 g/mol. The quantitative estimate of drug-likeness (QED) is 0.308. The largest absolute Gasteiger partial charge is 0.462 e. The van der Waals surface area contributed by atoms with Crippen LogP contribution in [0.4, 0.5) is 0 Å². The lowest BCUT2D eigenvalue weighted by Gasteiger charge is -2.14. The number of ether oxygens (including phenoxy) is 1. The van der Waals surface area contributed by atoms with E-state index in [4.69, 9.17) is 26.7 Å². The Kier molecular flexibility index (Phi) is 7.50. The molecule has 0 atom stereocenters. The zero-order valence-corrected chi connectivity index (χ0v) is 21.8. The van der Waals surface area contributed by atoms with E-state index in [1.165, 1.54) is 12.1 Å². The van der Waals surface area contributed by atoms with E-state index in [0.717, 1.165) is 16.7 Å². The van der Waals surface area contributed by atoms with Crippen LogP contribution in [0.15, 0.2) is 77.7 Å². The average Bonchev–Trinajstić information content (AvgIpc) is 3.17. The number of benzene rings is 3. The third-order valence-electron chi connectivity index (χ3n) is 5.95. The third-order valence-corrected chi connectivity index (χ3v) is 7.14. The lowest BCUT2D eigenvalue weighted by atomic mass is 9.95. The van der Waals surface area contributed by atoms with Crippen molar-refractivity contribution in [2.24, 2.45) is 5.14 Å². The summed E-state index contributed by atoms with van der Waals surface area (Å²) in [4.78, 5) is 13.3. The molecule has 0 fully saturated rings. The normalized spacial score (nSPS) is 11.2. The highest BCUT2D eigenvalue weighted by Gasteiger charge is 2.29. The number of rotatable bonds is 7. The summed E-state index contributed by atoms with van der Waals surface area (Å²) >= 11 is 6.17. The molecule has 0 aliphatic heterocycles. The number of primary sulfonamides is 1. The summed E-state index contributed by atoms with van der Waals surface area (Å²) < 4.78 is 31.0. The van der Waals surface area contributed by atoms with Crippen molar-refractivity contribution < 1.29 is 17.9 Å². The van der Waals surface area contributed by atoms with E-state index in [1.807, 2.05) is 47.9 Å². The van der Waals surface area contributed by atoms with Gasteiger partial charge in [-0.05, 0) is 66.9 Å². The number of carbonyl (C=O) groups is 1. The average molecular weight is 534 g/mol. The number of nitriles is 1. The van der Waals surface area contributed by atoms with Gasteiger partial charge in [0.2, 0.25) is 10.0 Å². The molecule has 0 unspecified atom stereocenters. The highest BCUT2D eigenvalue weighted by atomic mass is 35.5. The van der Waals surface area contributed by atoms with Crippen LogP contribution in [0.3, 0.4) is 0 Å². The second kappa shape index (κ2) is 10.6. The third kappa shape index (κ3) is 5.30. The zero-order chi connectivity index (χ0) is 26.7. The first kappa shape index (κ1) is 26.2. The van der Waals surface area contributed by atoms with Crippen LogP contribution >= 0.6 is 11.6 Å². The first-order chi connectivity index (χ1) is 17.7. The van der Waals surface area contributed by atoms with Gasteiger partial charge in [-0.2, -0.15) is 5.26 Å². The number of halogens is 1. The molecule has 0 saturated heterocycles. The summed E-state index contributed by atoms with van der Waals surface area (Å²) in [6.07, 6.45) is 0.269. The minimum absolute atomic E-state index is 0.0203. The van der Waals surface area contributed by atoms with Gasteiger partial charge in [0.1, 0.15) is 0 Å². The highest BCUT2D eigenvalue weighted by molar-refractivity contribution is 7.89. The Hall–Kier alpha value is -3.90. The van der Waals surface area contributed by atoms with Gasteiger partial charge in [-0.1, -0.05) is 48.0 Å². The van der Waals surface area contributed by atoms with Crippen molar-refractivity contribution in [3.05, 3.63) is 94.6 Å². The number of nitrogens with zero attached hydrogens (tertiary/aromatic N) is 2. The smallest absolute Gasteiger partial charge is 0.340 e. The van der Waals surface area contributed by atoms with Crippen molar-refractivity contribution >= 4 is 27.6 Å². The molecule has 0 saturated carbocycles. The van der Waals surface area contributed by atoms with E-state index in [1.54, 1.807) is 31.2 Å². The van der Waals surface area contributed by atoms with Crippen LogP contribution < -0.4 is 5.14 Å². The summed E-state index contributed by atoms with van der Waals surface area (Å²) in [6, 6.07) is 23.0. The maximum Gasteiger partial charge on any atom is 0.340 e. The molecule has 2 N–H and O–H groups in total. The predicted octanol–water partition coefficient (Wildman–Crippen LogP) is 5.66. The van der Waals surface area contributed by atoms with E-state index in [9.17, 15) is 13.2 Å². The second-order valence-electron chi connectivity index (χ2n) is 8.32. The van der Waals surface area contributed by atoms with Crippen LogP contribution in [0.1, 0.15) is 28.5 Å². The maximum atomic E-state index is 13.3. The molecule has 37 heavy (non-hydrogen) atoms. The molecule has 0 bridgehead atoms. The molecular formula is C28H24ClN3O4S. The number of nitrogens with two attached hydrogens (primary N) is 1. The molecule has 4 aromatic rings. The van der Waals surface area contributed by atoms with Crippen LogP contribution in [0.5, 0.6) is 0 Å². The number of aromatic nitrogens is 1. The van der Waals surface area contributed by atoms with Gasteiger partial charge >= 0.3 is 5.97 Å². The van der Waals surface area contributed by atoms with Crippen LogP contribution in [0.25, 0.3) is 28.1 Å². The molecule has 7 nitrogen and oxygen atoms in total. The van der Waals surface area contributed by atoms with Gasteiger partial charge in [0.05, 0.1) is 35.2 Å². The van der Waals surface area contributed by atoms with Crippen LogP contribution in [0.2, 0.25) is 5.02 Å². The Bertz CT molecular complexity index is 1600. The fourth-order valence-corrected chi connectivity index (χ4v) is 4.94. The van der Waals surface area contributed by atoms with Gasteiger partial charge in [0.15, 0.2) is 0 Å². The molecule has 0 amide bonds. The maximum absolute atomic E-state index is 13.3. The Balaban J connectivity index is 2.08. The topological polar surface area (TPSA) is 115 Å². The summed E-state index contributed by atoms with van der Waals surface area (Å²) in [6.45, 7) is 3.75. The molecule has 9 heteroatoms. The van der Waals surface area contributed by atoms with Crippen molar-refractivity contribution in [3.8, 4) is 34.1 Å². The standard InChI is InChI=1S/C28H24ClN3O4S/c1-3-36-28(33)25-18(2)32(23-12-14-24(15-13-23)37(31,34)35)27(21-8-10-22(29)11-9-21)26(25)20-6-4-19(5-7-20)16-17-30/h4-15H,3,16H2,1-2H3,(H2,31,34,35). The Morgan fingerprint density at radius 2 is 1.59 bits per heavy atom. The minimum Gasteiger partial charge on any atom is -0.462 e. The SMILES string of the molecule is CCOC(=O)c1c(-c2ccc(CC#N)cc2)c(-c2ccc(Cl)cc2)n(-c2ccc(S(N)(=O)=O)cc2)c1C. The number of esters is 1. The van der Waals surface area contributed by atoms with E-state index in [0.29, 0.717) is 33.2 Å². The van der Waals surface area contributed by atoms with Gasteiger partial charge in [-0.25, -0.2) is 18.4 Å². The molecule has 1 heterocycles. The second-order valence-corrected chi connectivity index (χ2v) is 10.3. The highest BCUT2D eigenvalue weighted by Crippen LogP contribution is 2.42. The van der Waals surface area contributed by atoms with E-state index in [2.05, 4.69) is 6.07 Å². The summed E-state index contributed by atoms with van der Waals surface area (Å²) in [7, 11) is -3.88. The molecule has 4 rings (SSSR count). The van der Waals surface area contributed by atoms with Gasteiger partial charge in [-0.15, -0.1) is 0 Å². The summed E-state index contributed by atoms with van der Waals surface area (Å²) in [5.41, 5.74) is 5.39. The molecule has 0 spiro atoms. The Morgan fingerprint density at radius 3 is 2.14 bits per heavy atom. The van der Waals surface area contributed by atoms with E-state index < -0.39 is 16.0 Å². The van der Waals surface area contributed by atoms with Crippen molar-refractivity contribution in [3.63, 3.8) is 0 Å². The Morgan fingerprint density at radius 1 is 1.00 bits per heavy atom. The minimum atomic E-state index is -3.88. The molecule has 1 aromatic heterocycles. The molecule has 0 aliphatic carbocycles. The Labute approximate surface area is 220 Å². The van der Waals surface area contributed by atoms with E-state index >= 15 is 0 Å². The van der Waals surface area contributed by atoms with E-state index in [-0.39, 0.29) is 17.9 Å². The first-order valence-electron chi connectivity index (χ1n) is 11.4. The predicted molar refractivity (Wildman–Crippen MR) is 143 cm³/mol. The van der Waals surface area contributed by atoms with Crippen molar-refractivity contribution in [2.45, 2.75) is 25.2 Å². The lowest BCUT2D eigenvalue weighted by Crippen LogP contribution is -2.12. The summed E-state index contributed by atoms with van der Waals surface area (Å²) in [5.74, 6) is -0.480. The van der Waals surface area contributed by atoms with Crippen molar-refractivity contribution in [2.75, 3.05) is 6.61 Å². The molecular weight excluding hydrogens is 510 g/mol. The molecule has 188 valence electrons. The fraction of sp³-hybridized carbons (Fsp3) is 0.143. The van der Waals surface area contributed by atoms with Crippen molar-refractivity contribution in [1.29, 1.82) is 5.26 Å². The zero-order valence-electron chi connectivity index (χ0n) is 20.2. The summed E-state index contributed by atoms with van der Waals surface area (Å²) in [5, 5.41) is 14.9. The molecule has 0 radical (unpaired) electrons. The fourth-order valence-electron chi connectivity index (χ4n) is 4.29. The van der Waals surface area contributed by atoms with Crippen LogP contribution in [-0.4, -0.2) is 25.6 Å². The number of hydrogen-bond donors (Lipinski definition) is 1. The number of carbonyl (C=O) groups excluding carboxylic acids is 1. The van der Waals surface area contributed by atoms with Gasteiger partial charge in [-0.3, -0.25) is 0 Å². The van der Waals surface area contributed by atoms with Gasteiger partial charge in [0, 0.05) is 22.0 Å². The first-order valence-corrected chi connectivity index (χ1v) is 13.4. The molecule has 0 aliphatic rings. The van der Waals surface area contributed by atoms with Crippen molar-refractivity contribution in [1.82, 2.24) is 4.57 Å². The molecule has 3 aromatic carbocycles. The van der Waals surface area contributed by atoms with Gasteiger partial charge in [0.25, 0.3) is 0 Å². The van der Waals surface area contributed by atoms with Gasteiger partial charge < -0.3 is 9.30 Å². The lowest BCUT2D eigenvalue weighted by molar-refractivity contribution is 0.0526. The number of hydrogen-bond acceptors (Lipinski definition) is 5. The van der Waals surface area contributed by atoms with Crippen LogP contribution in [-0.2, 0) is 21.2 Å². The van der Waals surface area contributed by atoms with Crippen LogP contribution in [0, 0.1) is 18.3 Å².